The molecule has 1 N–H and O–H groups in total. The number of methoxy groups -OCH3 is 1. The van der Waals surface area contributed by atoms with E-state index in [1.54, 1.807) is 13.2 Å². The second kappa shape index (κ2) is 6.48. The second-order valence-electron chi connectivity index (χ2n) is 6.25. The number of halogens is 2. The molecule has 126 valence electrons. The van der Waals surface area contributed by atoms with Gasteiger partial charge in [0.15, 0.2) is 0 Å². The van der Waals surface area contributed by atoms with Crippen molar-refractivity contribution in [3.05, 3.63) is 27.7 Å². The summed E-state index contributed by atoms with van der Waals surface area (Å²) in [6.45, 7) is 2.63. The Hall–Kier alpha value is -1.01. The summed E-state index contributed by atoms with van der Waals surface area (Å²) in [6.07, 6.45) is 0.774. The van der Waals surface area contributed by atoms with Gasteiger partial charge < -0.3 is 14.6 Å². The van der Waals surface area contributed by atoms with Gasteiger partial charge in [-0.05, 0) is 24.5 Å². The number of hydrogen-bond donors (Lipinski definition) is 1. The number of nitrogens with zero attached hydrogens (tertiary/aromatic N) is 1. The molecule has 2 atom stereocenters. The van der Waals surface area contributed by atoms with E-state index in [-0.39, 0.29) is 12.5 Å². The first-order valence-corrected chi connectivity index (χ1v) is 8.27. The summed E-state index contributed by atoms with van der Waals surface area (Å²) >= 11 is 12.3. The van der Waals surface area contributed by atoms with Gasteiger partial charge in [0.2, 0.25) is 0 Å². The zero-order chi connectivity index (χ0) is 16.6. The normalized spacial score (nSPS) is 27.7. The van der Waals surface area contributed by atoms with Gasteiger partial charge in [0, 0.05) is 36.8 Å². The predicted octanol–water partition coefficient (Wildman–Crippen LogP) is 2.93. The largest absolute Gasteiger partial charge is 0.495 e. The molecular formula is C16H19Cl2NO4. The summed E-state index contributed by atoms with van der Waals surface area (Å²) in [6, 6.07) is 3.46. The standard InChI is InChI=1S/C16H19Cl2NO4/c1-22-14-10(4-12(17)5-13(14)18)6-19-7-11-2-3-23-9-16(11,8-19)15(20)21/h4-5,11H,2-3,6-9H2,1H3,(H,20,21)/t11-,16+/m0/s1. The topological polar surface area (TPSA) is 59.0 Å². The van der Waals surface area contributed by atoms with Crippen molar-refractivity contribution in [2.24, 2.45) is 11.3 Å². The highest BCUT2D eigenvalue weighted by molar-refractivity contribution is 6.35. The van der Waals surface area contributed by atoms with E-state index in [0.29, 0.717) is 35.5 Å². The van der Waals surface area contributed by atoms with Gasteiger partial charge in [-0.25, -0.2) is 0 Å². The molecule has 23 heavy (non-hydrogen) atoms. The van der Waals surface area contributed by atoms with Crippen LogP contribution in [0.4, 0.5) is 0 Å². The number of carboxylic acid groups (broad SMARTS) is 1. The molecule has 0 aliphatic carbocycles. The number of likely N-dealkylation sites (tertiary alicyclic amines) is 1. The van der Waals surface area contributed by atoms with Gasteiger partial charge in [-0.2, -0.15) is 0 Å². The van der Waals surface area contributed by atoms with Gasteiger partial charge >= 0.3 is 5.97 Å². The molecule has 0 bridgehead atoms. The van der Waals surface area contributed by atoms with Crippen LogP contribution in [-0.2, 0) is 16.1 Å². The van der Waals surface area contributed by atoms with Crippen LogP contribution in [0.5, 0.6) is 5.75 Å². The highest BCUT2D eigenvalue weighted by Crippen LogP contribution is 2.43. The molecule has 5 nitrogen and oxygen atoms in total. The van der Waals surface area contributed by atoms with Crippen LogP contribution in [0.2, 0.25) is 10.0 Å². The first-order chi connectivity index (χ1) is 11.0. The molecule has 3 rings (SSSR count). The van der Waals surface area contributed by atoms with Crippen LogP contribution in [-0.4, -0.2) is 49.4 Å². The lowest BCUT2D eigenvalue weighted by Gasteiger charge is -2.34. The SMILES string of the molecule is COc1c(Cl)cc(Cl)cc1CN1C[C@@H]2CCOC[C@]2(C(=O)O)C1. The molecule has 0 spiro atoms. The Balaban J connectivity index is 1.84. The van der Waals surface area contributed by atoms with Gasteiger partial charge in [0.25, 0.3) is 0 Å². The minimum atomic E-state index is -0.812. The predicted molar refractivity (Wildman–Crippen MR) is 87.3 cm³/mol. The summed E-state index contributed by atoms with van der Waals surface area (Å²) in [4.78, 5) is 13.9. The molecule has 2 aliphatic rings. The van der Waals surface area contributed by atoms with Gasteiger partial charge in [0.05, 0.1) is 18.7 Å². The van der Waals surface area contributed by atoms with E-state index in [2.05, 4.69) is 4.90 Å². The first-order valence-electron chi connectivity index (χ1n) is 7.51. The van der Waals surface area contributed by atoms with Gasteiger partial charge in [-0.15, -0.1) is 0 Å². The van der Waals surface area contributed by atoms with E-state index in [1.165, 1.54) is 0 Å². The van der Waals surface area contributed by atoms with E-state index in [0.717, 1.165) is 18.5 Å². The average molecular weight is 360 g/mol. The van der Waals surface area contributed by atoms with Crippen LogP contribution < -0.4 is 4.74 Å². The summed E-state index contributed by atoms with van der Waals surface area (Å²) < 4.78 is 10.8. The quantitative estimate of drug-likeness (QED) is 0.895. The van der Waals surface area contributed by atoms with E-state index in [4.69, 9.17) is 32.7 Å². The molecule has 1 aromatic rings. The number of hydrogen-bond acceptors (Lipinski definition) is 4. The molecule has 0 amide bonds. The van der Waals surface area contributed by atoms with Crippen molar-refractivity contribution < 1.29 is 19.4 Å². The maximum Gasteiger partial charge on any atom is 0.313 e. The van der Waals surface area contributed by atoms with Crippen LogP contribution in [0.15, 0.2) is 12.1 Å². The van der Waals surface area contributed by atoms with E-state index < -0.39 is 11.4 Å². The number of carbonyl (C=O) groups is 1. The summed E-state index contributed by atoms with van der Waals surface area (Å²) in [5.74, 6) is -0.0817. The Bertz CT molecular complexity index is 624. The monoisotopic (exact) mass is 359 g/mol. The third kappa shape index (κ3) is 3.03. The Labute approximate surface area is 145 Å². The minimum Gasteiger partial charge on any atom is -0.495 e. The fraction of sp³-hybridized carbons (Fsp3) is 0.562. The number of rotatable bonds is 4. The van der Waals surface area contributed by atoms with Crippen molar-refractivity contribution in [3.8, 4) is 5.75 Å². The average Bonchev–Trinajstić information content (AvgIpc) is 2.86. The maximum atomic E-state index is 11.8. The molecular weight excluding hydrogens is 341 g/mol. The molecule has 2 fully saturated rings. The Kier molecular flexibility index (Phi) is 4.74. The number of fused-ring (bicyclic) bond motifs is 1. The highest BCUT2D eigenvalue weighted by Gasteiger charge is 2.54. The van der Waals surface area contributed by atoms with Crippen LogP contribution in [0.1, 0.15) is 12.0 Å². The van der Waals surface area contributed by atoms with Crippen LogP contribution in [0, 0.1) is 11.3 Å². The summed E-state index contributed by atoms with van der Waals surface area (Å²) in [7, 11) is 1.56. The Morgan fingerprint density at radius 1 is 1.52 bits per heavy atom. The van der Waals surface area contributed by atoms with Crippen molar-refractivity contribution in [1.29, 1.82) is 0 Å². The molecule has 1 aromatic carbocycles. The molecule has 2 saturated heterocycles. The van der Waals surface area contributed by atoms with Crippen molar-refractivity contribution in [2.75, 3.05) is 33.4 Å². The lowest BCUT2D eigenvalue weighted by atomic mass is 9.76. The summed E-state index contributed by atoms with van der Waals surface area (Å²) in [5, 5.41) is 10.7. The van der Waals surface area contributed by atoms with Gasteiger partial charge in [-0.3, -0.25) is 9.69 Å². The van der Waals surface area contributed by atoms with Gasteiger partial charge in [0.1, 0.15) is 11.2 Å². The third-order valence-corrected chi connectivity index (χ3v) is 5.34. The molecule has 0 saturated carbocycles. The molecule has 7 heteroatoms. The Morgan fingerprint density at radius 2 is 2.30 bits per heavy atom. The molecule has 2 aliphatic heterocycles. The smallest absolute Gasteiger partial charge is 0.313 e. The molecule has 0 aromatic heterocycles. The van der Waals surface area contributed by atoms with Crippen molar-refractivity contribution in [2.45, 2.75) is 13.0 Å². The lowest BCUT2D eigenvalue weighted by molar-refractivity contribution is -0.159. The molecule has 2 heterocycles. The third-order valence-electron chi connectivity index (χ3n) is 4.85. The number of benzene rings is 1. The minimum absolute atomic E-state index is 0.106. The first kappa shape index (κ1) is 16.8. The fourth-order valence-corrected chi connectivity index (χ4v) is 4.33. The molecule has 0 unspecified atom stereocenters. The molecule has 0 radical (unpaired) electrons. The van der Waals surface area contributed by atoms with Gasteiger partial charge in [-0.1, -0.05) is 23.2 Å². The highest BCUT2D eigenvalue weighted by atomic mass is 35.5. The van der Waals surface area contributed by atoms with Crippen LogP contribution in [0.3, 0.4) is 0 Å². The Morgan fingerprint density at radius 3 is 2.96 bits per heavy atom. The van der Waals surface area contributed by atoms with E-state index in [9.17, 15) is 9.90 Å². The summed E-state index contributed by atoms with van der Waals surface area (Å²) in [5.41, 5.74) is 0.0542. The number of aliphatic carboxylic acids is 1. The zero-order valence-electron chi connectivity index (χ0n) is 12.8. The van der Waals surface area contributed by atoms with Crippen LogP contribution >= 0.6 is 23.2 Å². The number of carboxylic acids is 1. The lowest BCUT2D eigenvalue weighted by Crippen LogP contribution is -2.46. The van der Waals surface area contributed by atoms with Crippen molar-refractivity contribution >= 4 is 29.2 Å². The van der Waals surface area contributed by atoms with E-state index in [1.807, 2.05) is 6.07 Å². The zero-order valence-corrected chi connectivity index (χ0v) is 14.4. The fourth-order valence-electron chi connectivity index (χ4n) is 3.72. The van der Waals surface area contributed by atoms with Crippen molar-refractivity contribution in [1.82, 2.24) is 4.90 Å². The van der Waals surface area contributed by atoms with E-state index >= 15 is 0 Å². The second-order valence-corrected chi connectivity index (χ2v) is 7.09. The number of ether oxygens (including phenoxy) is 2. The maximum absolute atomic E-state index is 11.8. The van der Waals surface area contributed by atoms with Crippen LogP contribution in [0.25, 0.3) is 0 Å². The van der Waals surface area contributed by atoms with Crippen molar-refractivity contribution in [3.63, 3.8) is 0 Å².